The molecule has 0 fully saturated rings. The van der Waals surface area contributed by atoms with Crippen LogP contribution in [0.1, 0.15) is 36.6 Å². The third-order valence-corrected chi connectivity index (χ3v) is 5.07. The number of aromatic nitrogens is 1. The molecule has 0 saturated heterocycles. The average molecular weight is 404 g/mol. The highest BCUT2D eigenvalue weighted by molar-refractivity contribution is 6.35. The van der Waals surface area contributed by atoms with Crippen LogP contribution in [0.5, 0.6) is 5.75 Å². The molecule has 2 aromatic rings. The summed E-state index contributed by atoms with van der Waals surface area (Å²) in [6.45, 7) is 6.47. The summed E-state index contributed by atoms with van der Waals surface area (Å²) >= 11 is 12.4. The third-order valence-electron chi connectivity index (χ3n) is 4.51. The number of halogens is 2. The maximum Gasteiger partial charge on any atom is 0.258 e. The van der Waals surface area contributed by atoms with Gasteiger partial charge in [0.1, 0.15) is 17.4 Å². The molecule has 1 aliphatic rings. The quantitative estimate of drug-likeness (QED) is 0.825. The molecule has 0 spiro atoms. The van der Waals surface area contributed by atoms with Gasteiger partial charge >= 0.3 is 0 Å². The average Bonchev–Trinajstić information content (AvgIpc) is 2.57. The van der Waals surface area contributed by atoms with Crippen LogP contribution in [0.15, 0.2) is 40.5 Å². The monoisotopic (exact) mass is 403 g/mol. The molecule has 0 saturated carbocycles. The summed E-state index contributed by atoms with van der Waals surface area (Å²) in [6.07, 6.45) is 0. The van der Waals surface area contributed by atoms with E-state index in [1.54, 1.807) is 28.8 Å². The zero-order valence-electron chi connectivity index (χ0n) is 15.2. The maximum atomic E-state index is 13.3. The lowest BCUT2D eigenvalue weighted by Gasteiger charge is -2.28. The minimum absolute atomic E-state index is 0.0265. The van der Waals surface area contributed by atoms with Crippen LogP contribution in [0.2, 0.25) is 10.0 Å². The fourth-order valence-corrected chi connectivity index (χ4v) is 3.84. The first-order valence-corrected chi connectivity index (χ1v) is 9.27. The molecule has 0 unspecified atom stereocenters. The topological polar surface area (TPSA) is 81.0 Å². The van der Waals surface area contributed by atoms with Crippen LogP contribution >= 0.6 is 23.2 Å². The third kappa shape index (κ3) is 3.43. The standard InChI is InChI=1S/C20H19Cl2N3O2/c1-10(2)9-25-11(3)6-16-18(20(25)26)17(14(8-23)19(24)27-16)13-5-4-12(21)7-15(13)22/h4-7,10,17H,9,24H2,1-3H3/t17-/m0/s1. The van der Waals surface area contributed by atoms with Gasteiger partial charge < -0.3 is 15.0 Å². The number of nitrogens with two attached hydrogens (primary N) is 1. The van der Waals surface area contributed by atoms with E-state index in [1.807, 2.05) is 20.8 Å². The van der Waals surface area contributed by atoms with Crippen molar-refractivity contribution in [1.29, 1.82) is 5.26 Å². The van der Waals surface area contributed by atoms with Crippen LogP contribution < -0.4 is 16.0 Å². The number of nitrogens with zero attached hydrogens (tertiary/aromatic N) is 2. The summed E-state index contributed by atoms with van der Waals surface area (Å²) in [5.41, 5.74) is 7.64. The molecule has 3 rings (SSSR count). The fourth-order valence-electron chi connectivity index (χ4n) is 3.32. The van der Waals surface area contributed by atoms with E-state index in [1.165, 1.54) is 0 Å². The first-order valence-electron chi connectivity index (χ1n) is 8.51. The van der Waals surface area contributed by atoms with Crippen molar-refractivity contribution >= 4 is 23.2 Å². The number of hydrogen-bond donors (Lipinski definition) is 1. The van der Waals surface area contributed by atoms with Crippen molar-refractivity contribution < 1.29 is 4.74 Å². The number of nitriles is 1. The van der Waals surface area contributed by atoms with Gasteiger partial charge in [-0.1, -0.05) is 43.1 Å². The highest BCUT2D eigenvalue weighted by Gasteiger charge is 2.35. The molecular formula is C20H19Cl2N3O2. The number of benzene rings is 1. The Bertz CT molecular complexity index is 1050. The van der Waals surface area contributed by atoms with Gasteiger partial charge in [0.05, 0.1) is 11.5 Å². The predicted molar refractivity (Wildman–Crippen MR) is 106 cm³/mol. The lowest BCUT2D eigenvalue weighted by atomic mass is 9.84. The van der Waals surface area contributed by atoms with E-state index in [0.717, 1.165) is 5.69 Å². The van der Waals surface area contributed by atoms with Crippen LogP contribution in [0.25, 0.3) is 0 Å². The molecule has 2 heterocycles. The Morgan fingerprint density at radius 1 is 1.33 bits per heavy atom. The number of aryl methyl sites for hydroxylation is 1. The van der Waals surface area contributed by atoms with Crippen molar-refractivity contribution in [3.8, 4) is 11.8 Å². The van der Waals surface area contributed by atoms with Crippen LogP contribution in [-0.2, 0) is 6.54 Å². The second-order valence-corrected chi connectivity index (χ2v) is 7.81. The molecule has 140 valence electrons. The van der Waals surface area contributed by atoms with Gasteiger partial charge in [-0.15, -0.1) is 0 Å². The van der Waals surface area contributed by atoms with E-state index < -0.39 is 5.92 Å². The van der Waals surface area contributed by atoms with Crippen molar-refractivity contribution in [2.24, 2.45) is 11.7 Å². The largest absolute Gasteiger partial charge is 0.440 e. The van der Waals surface area contributed by atoms with Gasteiger partial charge in [-0.3, -0.25) is 4.79 Å². The van der Waals surface area contributed by atoms with E-state index >= 15 is 0 Å². The van der Waals surface area contributed by atoms with E-state index in [0.29, 0.717) is 33.5 Å². The number of ether oxygens (including phenoxy) is 1. The molecule has 1 aromatic heterocycles. The van der Waals surface area contributed by atoms with Crippen molar-refractivity contribution in [2.45, 2.75) is 33.2 Å². The minimum Gasteiger partial charge on any atom is -0.440 e. The van der Waals surface area contributed by atoms with Crippen molar-refractivity contribution in [3.05, 3.63) is 72.9 Å². The molecule has 1 aromatic carbocycles. The maximum absolute atomic E-state index is 13.3. The Balaban J connectivity index is 2.34. The van der Waals surface area contributed by atoms with Gasteiger partial charge in [0.25, 0.3) is 5.56 Å². The second-order valence-electron chi connectivity index (χ2n) is 6.96. The number of rotatable bonds is 3. The summed E-state index contributed by atoms with van der Waals surface area (Å²) in [5, 5.41) is 10.5. The molecule has 1 aliphatic heterocycles. The van der Waals surface area contributed by atoms with Gasteiger partial charge in [-0.2, -0.15) is 5.26 Å². The van der Waals surface area contributed by atoms with E-state index in [-0.39, 0.29) is 22.9 Å². The van der Waals surface area contributed by atoms with Gasteiger partial charge in [-0.25, -0.2) is 0 Å². The Morgan fingerprint density at radius 2 is 2.04 bits per heavy atom. The zero-order chi connectivity index (χ0) is 19.9. The molecule has 7 heteroatoms. The number of hydrogen-bond acceptors (Lipinski definition) is 4. The van der Waals surface area contributed by atoms with Crippen molar-refractivity contribution in [3.63, 3.8) is 0 Å². The van der Waals surface area contributed by atoms with Crippen LogP contribution in [-0.4, -0.2) is 4.57 Å². The zero-order valence-corrected chi connectivity index (χ0v) is 16.7. The molecule has 0 bridgehead atoms. The molecular weight excluding hydrogens is 385 g/mol. The van der Waals surface area contributed by atoms with Crippen molar-refractivity contribution in [1.82, 2.24) is 4.57 Å². The van der Waals surface area contributed by atoms with Crippen LogP contribution in [0, 0.1) is 24.2 Å². The molecule has 2 N–H and O–H groups in total. The molecule has 27 heavy (non-hydrogen) atoms. The summed E-state index contributed by atoms with van der Waals surface area (Å²) in [5.74, 6) is -0.112. The molecule has 0 aliphatic carbocycles. The highest BCUT2D eigenvalue weighted by atomic mass is 35.5. The molecule has 0 amide bonds. The number of allylic oxidation sites excluding steroid dienone is 1. The summed E-state index contributed by atoms with van der Waals surface area (Å²) in [6, 6.07) is 8.81. The van der Waals surface area contributed by atoms with Gasteiger partial charge in [0.2, 0.25) is 5.88 Å². The first kappa shape index (κ1) is 19.3. The summed E-state index contributed by atoms with van der Waals surface area (Å²) in [7, 11) is 0. The highest BCUT2D eigenvalue weighted by Crippen LogP contribution is 2.43. The van der Waals surface area contributed by atoms with Gasteiger partial charge in [0.15, 0.2) is 0 Å². The number of pyridine rings is 1. The summed E-state index contributed by atoms with van der Waals surface area (Å²) < 4.78 is 7.32. The van der Waals surface area contributed by atoms with Gasteiger partial charge in [0, 0.05) is 28.4 Å². The van der Waals surface area contributed by atoms with Crippen molar-refractivity contribution in [2.75, 3.05) is 0 Å². The Labute approximate surface area is 167 Å². The smallest absolute Gasteiger partial charge is 0.258 e. The number of fused-ring (bicyclic) bond motifs is 1. The minimum atomic E-state index is -0.713. The van der Waals surface area contributed by atoms with Crippen LogP contribution in [0.3, 0.4) is 0 Å². The first-order chi connectivity index (χ1) is 12.7. The lowest BCUT2D eigenvalue weighted by molar-refractivity contribution is 0.386. The van der Waals surface area contributed by atoms with Crippen LogP contribution in [0.4, 0.5) is 0 Å². The fraction of sp³-hybridized carbons (Fsp3) is 0.300. The Morgan fingerprint density at radius 3 is 2.63 bits per heavy atom. The molecule has 1 atom stereocenters. The van der Waals surface area contributed by atoms with E-state index in [9.17, 15) is 10.1 Å². The SMILES string of the molecule is Cc1cc2c(c(=O)n1CC(C)C)[C@@H](c1ccc(Cl)cc1Cl)C(C#N)=C(N)O2. The molecule has 5 nitrogen and oxygen atoms in total. The lowest BCUT2D eigenvalue weighted by Crippen LogP contribution is -2.33. The predicted octanol–water partition coefficient (Wildman–Crippen LogP) is 4.34. The van der Waals surface area contributed by atoms with E-state index in [2.05, 4.69) is 6.07 Å². The second kappa shape index (κ2) is 7.30. The van der Waals surface area contributed by atoms with Gasteiger partial charge in [-0.05, 0) is 30.5 Å². The summed E-state index contributed by atoms with van der Waals surface area (Å²) in [4.78, 5) is 13.3. The Kier molecular flexibility index (Phi) is 5.23. The Hall–Kier alpha value is -2.42. The normalized spacial score (nSPS) is 16.1. The molecule has 0 radical (unpaired) electrons. The van der Waals surface area contributed by atoms with E-state index in [4.69, 9.17) is 33.7 Å².